The SMILES string of the molecule is COc1cccc(NC(=O)C(=O)O)c1C(=O)O. The normalized spacial score (nSPS) is 9.47. The summed E-state index contributed by atoms with van der Waals surface area (Å²) in [4.78, 5) is 32.3. The maximum Gasteiger partial charge on any atom is 0.394 e. The number of aliphatic carboxylic acids is 1. The minimum Gasteiger partial charge on any atom is -0.496 e. The first-order valence-electron chi connectivity index (χ1n) is 4.42. The second-order valence-corrected chi connectivity index (χ2v) is 2.95. The molecule has 17 heavy (non-hydrogen) atoms. The summed E-state index contributed by atoms with van der Waals surface area (Å²) in [7, 11) is 1.27. The molecule has 0 aliphatic heterocycles. The zero-order valence-corrected chi connectivity index (χ0v) is 8.76. The number of nitrogens with one attached hydrogen (secondary N) is 1. The maximum atomic E-state index is 11.0. The minimum absolute atomic E-state index is 0.0284. The van der Waals surface area contributed by atoms with E-state index in [1.807, 2.05) is 5.32 Å². The van der Waals surface area contributed by atoms with Gasteiger partial charge in [-0.2, -0.15) is 0 Å². The van der Waals surface area contributed by atoms with E-state index in [1.54, 1.807) is 0 Å². The summed E-state index contributed by atoms with van der Waals surface area (Å²) in [6.07, 6.45) is 0. The van der Waals surface area contributed by atoms with Gasteiger partial charge in [0.1, 0.15) is 11.3 Å². The van der Waals surface area contributed by atoms with Crippen molar-refractivity contribution >= 4 is 23.5 Å². The summed E-state index contributed by atoms with van der Waals surface area (Å²) in [6, 6.07) is 4.09. The lowest BCUT2D eigenvalue weighted by Crippen LogP contribution is -2.23. The van der Waals surface area contributed by atoms with Crippen molar-refractivity contribution in [1.82, 2.24) is 0 Å². The van der Waals surface area contributed by atoms with Gasteiger partial charge in [-0.3, -0.25) is 4.79 Å². The number of hydrogen-bond acceptors (Lipinski definition) is 4. The van der Waals surface area contributed by atoms with Crippen molar-refractivity contribution in [1.29, 1.82) is 0 Å². The smallest absolute Gasteiger partial charge is 0.394 e. The Morgan fingerprint density at radius 2 is 1.88 bits per heavy atom. The topological polar surface area (TPSA) is 113 Å². The van der Waals surface area contributed by atoms with Gasteiger partial charge < -0.3 is 20.3 Å². The third-order valence-corrected chi connectivity index (χ3v) is 1.90. The zero-order chi connectivity index (χ0) is 13.0. The van der Waals surface area contributed by atoms with Crippen molar-refractivity contribution in [2.24, 2.45) is 0 Å². The Hall–Kier alpha value is -2.57. The summed E-state index contributed by atoms with van der Waals surface area (Å²) in [5.41, 5.74) is -0.436. The number of carbonyl (C=O) groups excluding carboxylic acids is 1. The highest BCUT2D eigenvalue weighted by Gasteiger charge is 2.20. The van der Waals surface area contributed by atoms with Crippen LogP contribution >= 0.6 is 0 Å². The van der Waals surface area contributed by atoms with Crippen LogP contribution in [0, 0.1) is 0 Å². The van der Waals surface area contributed by atoms with Crippen LogP contribution in [-0.2, 0) is 9.59 Å². The summed E-state index contributed by atoms with van der Waals surface area (Å²) in [5.74, 6) is -4.33. The highest BCUT2D eigenvalue weighted by Crippen LogP contribution is 2.26. The fourth-order valence-electron chi connectivity index (χ4n) is 1.20. The molecule has 0 aliphatic carbocycles. The van der Waals surface area contributed by atoms with E-state index in [0.717, 1.165) is 0 Å². The number of carboxylic acid groups (broad SMARTS) is 2. The predicted octanol–water partition coefficient (Wildman–Crippen LogP) is 0.416. The van der Waals surface area contributed by atoms with E-state index < -0.39 is 17.8 Å². The number of hydrogen-bond donors (Lipinski definition) is 3. The van der Waals surface area contributed by atoms with Crippen molar-refractivity contribution in [3.8, 4) is 5.75 Å². The molecule has 0 atom stereocenters. The Labute approximate surface area is 95.6 Å². The van der Waals surface area contributed by atoms with Crippen molar-refractivity contribution in [3.05, 3.63) is 23.8 Å². The monoisotopic (exact) mass is 239 g/mol. The van der Waals surface area contributed by atoms with Gasteiger partial charge in [0.2, 0.25) is 0 Å². The van der Waals surface area contributed by atoms with Gasteiger partial charge in [-0.15, -0.1) is 0 Å². The molecule has 1 aromatic rings. The lowest BCUT2D eigenvalue weighted by atomic mass is 10.1. The van der Waals surface area contributed by atoms with Gasteiger partial charge in [-0.05, 0) is 12.1 Å². The lowest BCUT2D eigenvalue weighted by Gasteiger charge is -2.10. The molecule has 0 bridgehead atoms. The third kappa shape index (κ3) is 2.71. The number of anilines is 1. The van der Waals surface area contributed by atoms with Gasteiger partial charge in [0.25, 0.3) is 0 Å². The minimum atomic E-state index is -1.70. The van der Waals surface area contributed by atoms with Gasteiger partial charge in [0.05, 0.1) is 12.8 Å². The Bertz CT molecular complexity index is 482. The summed E-state index contributed by atoms with van der Waals surface area (Å²) in [5, 5.41) is 19.3. The van der Waals surface area contributed by atoms with Crippen LogP contribution in [0.4, 0.5) is 5.69 Å². The molecule has 1 amide bonds. The zero-order valence-electron chi connectivity index (χ0n) is 8.76. The van der Waals surface area contributed by atoms with Crippen LogP contribution in [0.5, 0.6) is 5.75 Å². The van der Waals surface area contributed by atoms with E-state index in [4.69, 9.17) is 14.9 Å². The Kier molecular flexibility index (Phi) is 3.66. The fraction of sp³-hybridized carbons (Fsp3) is 0.100. The molecular weight excluding hydrogens is 230 g/mol. The van der Waals surface area contributed by atoms with E-state index in [9.17, 15) is 14.4 Å². The van der Waals surface area contributed by atoms with Gasteiger partial charge in [-0.25, -0.2) is 9.59 Å². The first-order chi connectivity index (χ1) is 7.97. The second kappa shape index (κ2) is 4.97. The Morgan fingerprint density at radius 1 is 1.24 bits per heavy atom. The summed E-state index contributed by atoms with van der Waals surface area (Å²) >= 11 is 0. The van der Waals surface area contributed by atoms with E-state index in [2.05, 4.69) is 0 Å². The number of methoxy groups -OCH3 is 1. The van der Waals surface area contributed by atoms with Gasteiger partial charge in [0.15, 0.2) is 0 Å². The molecule has 0 aliphatic rings. The Balaban J connectivity index is 3.19. The number of amides is 1. The number of aromatic carboxylic acids is 1. The van der Waals surface area contributed by atoms with Crippen LogP contribution in [0.15, 0.2) is 18.2 Å². The summed E-state index contributed by atoms with van der Waals surface area (Å²) < 4.78 is 4.81. The maximum absolute atomic E-state index is 11.0. The van der Waals surface area contributed by atoms with E-state index >= 15 is 0 Å². The Morgan fingerprint density at radius 3 is 2.35 bits per heavy atom. The molecule has 0 fully saturated rings. The third-order valence-electron chi connectivity index (χ3n) is 1.90. The molecule has 0 saturated heterocycles. The molecule has 0 radical (unpaired) electrons. The molecule has 7 heteroatoms. The van der Waals surface area contributed by atoms with Crippen molar-refractivity contribution in [2.45, 2.75) is 0 Å². The molecule has 0 unspecified atom stereocenters. The molecule has 0 heterocycles. The van der Waals surface area contributed by atoms with Crippen LogP contribution in [-0.4, -0.2) is 35.2 Å². The first kappa shape index (κ1) is 12.5. The number of rotatable bonds is 3. The largest absolute Gasteiger partial charge is 0.496 e. The average Bonchev–Trinajstić information content (AvgIpc) is 2.27. The van der Waals surface area contributed by atoms with Gasteiger partial charge in [-0.1, -0.05) is 6.07 Å². The van der Waals surface area contributed by atoms with Gasteiger partial charge >= 0.3 is 17.8 Å². The van der Waals surface area contributed by atoms with Crippen molar-refractivity contribution < 1.29 is 29.3 Å². The van der Waals surface area contributed by atoms with E-state index in [1.165, 1.54) is 25.3 Å². The number of carbonyl (C=O) groups is 3. The molecule has 0 spiro atoms. The molecule has 1 aromatic carbocycles. The molecule has 3 N–H and O–H groups in total. The molecule has 7 nitrogen and oxygen atoms in total. The van der Waals surface area contributed by atoms with E-state index in [0.29, 0.717) is 0 Å². The predicted molar refractivity (Wildman–Crippen MR) is 56.2 cm³/mol. The highest BCUT2D eigenvalue weighted by atomic mass is 16.5. The standard InChI is InChI=1S/C10H9NO6/c1-17-6-4-2-3-5(7(6)9(13)14)11-8(12)10(15)16/h2-4H,1H3,(H,11,12)(H,13,14)(H,15,16). The van der Waals surface area contributed by atoms with Gasteiger partial charge in [0, 0.05) is 0 Å². The number of ether oxygens (including phenoxy) is 1. The molecule has 0 saturated carbocycles. The van der Waals surface area contributed by atoms with Crippen LogP contribution in [0.3, 0.4) is 0 Å². The van der Waals surface area contributed by atoms with Crippen LogP contribution in [0.1, 0.15) is 10.4 Å². The molecule has 90 valence electrons. The molecule has 1 rings (SSSR count). The number of carboxylic acids is 2. The van der Waals surface area contributed by atoms with Crippen molar-refractivity contribution in [3.63, 3.8) is 0 Å². The first-order valence-corrected chi connectivity index (χ1v) is 4.42. The van der Waals surface area contributed by atoms with Crippen LogP contribution in [0.2, 0.25) is 0 Å². The quantitative estimate of drug-likeness (QED) is 0.658. The van der Waals surface area contributed by atoms with Crippen LogP contribution in [0.25, 0.3) is 0 Å². The fourth-order valence-corrected chi connectivity index (χ4v) is 1.20. The van der Waals surface area contributed by atoms with E-state index in [-0.39, 0.29) is 17.0 Å². The molecule has 0 aromatic heterocycles. The summed E-state index contributed by atoms with van der Waals surface area (Å²) in [6.45, 7) is 0. The average molecular weight is 239 g/mol. The van der Waals surface area contributed by atoms with Crippen LogP contribution < -0.4 is 10.1 Å². The lowest BCUT2D eigenvalue weighted by molar-refractivity contribution is -0.147. The highest BCUT2D eigenvalue weighted by molar-refractivity contribution is 6.36. The molecular formula is C10H9NO6. The number of benzene rings is 1. The second-order valence-electron chi connectivity index (χ2n) is 2.95. The van der Waals surface area contributed by atoms with Crippen molar-refractivity contribution in [2.75, 3.05) is 12.4 Å².